The number of thiocarbonyl (C=S) groups is 1. The number of hydrogen-bond donors (Lipinski definition) is 1. The number of fused-ring (bicyclic) bond motifs is 2. The third-order valence-corrected chi connectivity index (χ3v) is 5.04. The van der Waals surface area contributed by atoms with E-state index < -0.39 is 5.60 Å². The van der Waals surface area contributed by atoms with Gasteiger partial charge in [-0.2, -0.15) is 0 Å². The molecule has 0 saturated heterocycles. The first-order valence-electron chi connectivity index (χ1n) is 8.43. The van der Waals surface area contributed by atoms with Crippen LogP contribution < -0.4 is 15.0 Å². The number of nitrogens with one attached hydrogen (secondary N) is 1. The normalized spacial score (nSPS) is 18.4. The predicted octanol–water partition coefficient (Wildman–Crippen LogP) is 5.01. The smallest absolute Gasteiger partial charge is 0.414 e. The van der Waals surface area contributed by atoms with Crippen molar-refractivity contribution >= 4 is 57.2 Å². The molecule has 0 aliphatic carbocycles. The number of alkyl halides is 1. The largest absolute Gasteiger partial charge is 0.443 e. The fraction of sp³-hybridized carbons (Fsp3) is 0.368. The van der Waals surface area contributed by atoms with Crippen LogP contribution in [-0.4, -0.2) is 29.3 Å². The molecule has 0 saturated carbocycles. The predicted molar refractivity (Wildman–Crippen MR) is 108 cm³/mol. The van der Waals surface area contributed by atoms with Crippen LogP contribution in [0.2, 0.25) is 0 Å². The van der Waals surface area contributed by atoms with Gasteiger partial charge in [-0.05, 0) is 50.0 Å². The van der Waals surface area contributed by atoms with Gasteiger partial charge < -0.3 is 14.8 Å². The molecule has 1 unspecified atom stereocenters. The first kappa shape index (κ1) is 17.4. The first-order valence-corrected chi connectivity index (χ1v) is 9.37. The second-order valence-corrected chi connectivity index (χ2v) is 8.17. The summed E-state index contributed by atoms with van der Waals surface area (Å²) in [5.41, 5.74) is 2.15. The Morgan fingerprint density at radius 3 is 2.92 bits per heavy atom. The lowest BCUT2D eigenvalue weighted by atomic mass is 9.94. The van der Waals surface area contributed by atoms with Gasteiger partial charge in [-0.25, -0.2) is 4.79 Å². The molecule has 0 radical (unpaired) electrons. The summed E-state index contributed by atoms with van der Waals surface area (Å²) >= 11 is 11.4. The minimum Gasteiger partial charge on any atom is -0.443 e. The molecule has 26 heavy (non-hydrogen) atoms. The van der Waals surface area contributed by atoms with Crippen LogP contribution in [-0.2, 0) is 4.74 Å². The Hall–Kier alpha value is -2.05. The van der Waals surface area contributed by atoms with Crippen molar-refractivity contribution in [1.82, 2.24) is 0 Å². The number of ether oxygens (including phenoxy) is 2. The molecule has 1 atom stereocenters. The molecule has 0 bridgehead atoms. The van der Waals surface area contributed by atoms with Crippen LogP contribution in [0.15, 0.2) is 24.3 Å². The van der Waals surface area contributed by atoms with Crippen molar-refractivity contribution in [1.29, 1.82) is 0 Å². The molecule has 2 heterocycles. The van der Waals surface area contributed by atoms with Crippen molar-refractivity contribution < 1.29 is 14.3 Å². The number of hydrogen-bond acceptors (Lipinski definition) is 4. The van der Waals surface area contributed by atoms with Crippen LogP contribution >= 0.6 is 23.8 Å². The topological polar surface area (TPSA) is 50.8 Å². The number of halogens is 1. The van der Waals surface area contributed by atoms with Gasteiger partial charge in [-0.1, -0.05) is 12.1 Å². The first-order chi connectivity index (χ1) is 12.3. The lowest BCUT2D eigenvalue weighted by molar-refractivity contribution is 0.0582. The van der Waals surface area contributed by atoms with Crippen LogP contribution in [0.5, 0.6) is 5.75 Å². The highest BCUT2D eigenvalue weighted by Gasteiger charge is 2.37. The zero-order valence-corrected chi connectivity index (χ0v) is 16.3. The number of nitrogens with zero attached hydrogens (tertiary/aromatic N) is 1. The van der Waals surface area contributed by atoms with E-state index in [4.69, 9.17) is 33.3 Å². The molecule has 1 N–H and O–H groups in total. The van der Waals surface area contributed by atoms with Crippen molar-refractivity contribution in [2.45, 2.75) is 32.3 Å². The van der Waals surface area contributed by atoms with Crippen LogP contribution in [0, 0.1) is 0 Å². The van der Waals surface area contributed by atoms with E-state index in [0.29, 0.717) is 23.3 Å². The molecule has 2 aliphatic heterocycles. The summed E-state index contributed by atoms with van der Waals surface area (Å²) in [7, 11) is 0. The zero-order chi connectivity index (χ0) is 18.6. The lowest BCUT2D eigenvalue weighted by Gasteiger charge is -2.26. The monoisotopic (exact) mass is 390 g/mol. The van der Waals surface area contributed by atoms with Gasteiger partial charge in [0.1, 0.15) is 11.4 Å². The average Bonchev–Trinajstić information content (AvgIpc) is 2.92. The SMILES string of the molecule is CC(C)(C)OC(=O)N1CC(CCl)c2c1cc1c3c(cccc23)NC(=S)O1. The molecule has 0 spiro atoms. The van der Waals surface area contributed by atoms with E-state index in [0.717, 1.165) is 27.7 Å². The van der Waals surface area contributed by atoms with Crippen molar-refractivity contribution in [3.63, 3.8) is 0 Å². The van der Waals surface area contributed by atoms with Gasteiger partial charge in [0.2, 0.25) is 0 Å². The maximum atomic E-state index is 12.7. The van der Waals surface area contributed by atoms with Crippen LogP contribution in [0.3, 0.4) is 0 Å². The van der Waals surface area contributed by atoms with Gasteiger partial charge in [-0.3, -0.25) is 4.90 Å². The van der Waals surface area contributed by atoms with E-state index in [1.807, 2.05) is 45.0 Å². The van der Waals surface area contributed by atoms with Gasteiger partial charge in [0.05, 0.1) is 11.4 Å². The second kappa shape index (κ2) is 5.99. The highest BCUT2D eigenvalue weighted by atomic mass is 35.5. The molecule has 7 heteroatoms. The van der Waals surface area contributed by atoms with E-state index in [-0.39, 0.29) is 12.0 Å². The average molecular weight is 391 g/mol. The van der Waals surface area contributed by atoms with E-state index >= 15 is 0 Å². The molecule has 1 amide bonds. The number of amides is 1. The molecule has 2 aromatic carbocycles. The fourth-order valence-corrected chi connectivity index (χ4v) is 4.00. The van der Waals surface area contributed by atoms with Crippen molar-refractivity contribution in [2.75, 3.05) is 22.6 Å². The molecule has 0 aromatic heterocycles. The van der Waals surface area contributed by atoms with Gasteiger partial charge in [-0.15, -0.1) is 11.6 Å². The van der Waals surface area contributed by atoms with E-state index in [9.17, 15) is 4.79 Å². The summed E-state index contributed by atoms with van der Waals surface area (Å²) in [5.74, 6) is 1.08. The zero-order valence-electron chi connectivity index (χ0n) is 14.8. The molecule has 136 valence electrons. The number of anilines is 2. The highest BCUT2D eigenvalue weighted by Crippen LogP contribution is 2.48. The summed E-state index contributed by atoms with van der Waals surface area (Å²) in [6.07, 6.45) is -0.384. The second-order valence-electron chi connectivity index (χ2n) is 7.49. The molecule has 2 aliphatic rings. The molecular weight excluding hydrogens is 372 g/mol. The van der Waals surface area contributed by atoms with Crippen LogP contribution in [0.4, 0.5) is 16.2 Å². The summed E-state index contributed by atoms with van der Waals surface area (Å²) in [4.78, 5) is 14.4. The minimum absolute atomic E-state index is 0.0253. The van der Waals surface area contributed by atoms with Gasteiger partial charge in [0.15, 0.2) is 0 Å². The third-order valence-electron chi connectivity index (χ3n) is 4.49. The van der Waals surface area contributed by atoms with Gasteiger partial charge in [0, 0.05) is 29.8 Å². The Morgan fingerprint density at radius 1 is 1.46 bits per heavy atom. The number of carbonyl (C=O) groups is 1. The Balaban J connectivity index is 1.90. The summed E-state index contributed by atoms with van der Waals surface area (Å²) in [5, 5.41) is 5.35. The van der Waals surface area contributed by atoms with Crippen molar-refractivity contribution in [3.8, 4) is 5.75 Å². The number of benzene rings is 2. The standard InChI is InChI=1S/C19H19ClN2O3S/c1-19(2,3)25-18(23)22-9-10(8-20)15-11-5-4-6-12-16(11)14(7-13(15)22)24-17(26)21-12/h4-7,10H,8-9H2,1-3H3,(H,21,26). The van der Waals surface area contributed by atoms with Crippen LogP contribution in [0.25, 0.3) is 10.8 Å². The maximum Gasteiger partial charge on any atom is 0.414 e. The molecule has 4 rings (SSSR count). The van der Waals surface area contributed by atoms with E-state index in [1.54, 1.807) is 4.90 Å². The molecule has 0 fully saturated rings. The Morgan fingerprint density at radius 2 is 2.23 bits per heavy atom. The Bertz CT molecular complexity index is 939. The summed E-state index contributed by atoms with van der Waals surface area (Å²) in [6, 6.07) is 7.82. The fourth-order valence-electron chi connectivity index (χ4n) is 3.55. The van der Waals surface area contributed by atoms with E-state index in [2.05, 4.69) is 5.32 Å². The number of rotatable bonds is 1. The van der Waals surface area contributed by atoms with Crippen molar-refractivity contribution in [3.05, 3.63) is 29.8 Å². The van der Waals surface area contributed by atoms with Gasteiger partial charge in [0.25, 0.3) is 5.17 Å². The van der Waals surface area contributed by atoms with Crippen LogP contribution in [0.1, 0.15) is 32.3 Å². The summed E-state index contributed by atoms with van der Waals surface area (Å²) < 4.78 is 11.3. The molecule has 2 aromatic rings. The van der Waals surface area contributed by atoms with Gasteiger partial charge >= 0.3 is 6.09 Å². The minimum atomic E-state index is -0.573. The highest BCUT2D eigenvalue weighted by molar-refractivity contribution is 7.80. The summed E-state index contributed by atoms with van der Waals surface area (Å²) in [6.45, 7) is 6.04. The Kier molecular flexibility index (Phi) is 4.00. The molecule has 5 nitrogen and oxygen atoms in total. The molecular formula is C19H19ClN2O3S. The number of carbonyl (C=O) groups excluding carboxylic acids is 1. The lowest BCUT2D eigenvalue weighted by Crippen LogP contribution is -2.36. The maximum absolute atomic E-state index is 12.7. The third kappa shape index (κ3) is 2.77. The quantitative estimate of drug-likeness (QED) is 0.548. The Labute approximate surface area is 162 Å². The van der Waals surface area contributed by atoms with E-state index in [1.165, 1.54) is 0 Å². The van der Waals surface area contributed by atoms with Crippen molar-refractivity contribution in [2.24, 2.45) is 0 Å².